The van der Waals surface area contributed by atoms with Crippen LogP contribution in [0.3, 0.4) is 0 Å². The second kappa shape index (κ2) is 16.2. The lowest BCUT2D eigenvalue weighted by atomic mass is 9.82. The molecule has 0 fully saturated rings. The van der Waals surface area contributed by atoms with Crippen LogP contribution in [0, 0.1) is 24.8 Å². The van der Waals surface area contributed by atoms with Crippen LogP contribution >= 0.6 is 11.6 Å². The maximum absolute atomic E-state index is 13.3. The Labute approximate surface area is 268 Å². The summed E-state index contributed by atoms with van der Waals surface area (Å²) >= 11 is 5.22. The van der Waals surface area contributed by atoms with Gasteiger partial charge in [0.2, 0.25) is 0 Å². The Morgan fingerprint density at radius 1 is 0.778 bits per heavy atom. The normalized spacial score (nSPS) is 17.4. The Balaban J connectivity index is 0.000000181. The number of ether oxygens (including phenoxy) is 2. The summed E-state index contributed by atoms with van der Waals surface area (Å²) in [7, 11) is 0. The van der Waals surface area contributed by atoms with Crippen LogP contribution < -0.4 is 11.5 Å². The van der Waals surface area contributed by atoms with Gasteiger partial charge < -0.3 is 20.9 Å². The van der Waals surface area contributed by atoms with Crippen LogP contribution in [0.5, 0.6) is 0 Å². The lowest BCUT2D eigenvalue weighted by Gasteiger charge is -2.30. The molecule has 2 heterocycles. The summed E-state index contributed by atoms with van der Waals surface area (Å²) in [4.78, 5) is 6.87. The maximum atomic E-state index is 13.3. The highest BCUT2D eigenvalue weighted by atomic mass is 35.5. The molecule has 0 aliphatic carbocycles. The zero-order valence-corrected chi connectivity index (χ0v) is 25.6. The molecule has 0 aromatic heterocycles. The first-order chi connectivity index (χ1) is 21.9. The molecule has 9 heteroatoms. The topological polar surface area (TPSA) is 79.2 Å². The molecule has 2 atom stereocenters. The average Bonchev–Trinajstić information content (AvgIpc) is 3.67. The molecule has 2 aliphatic rings. The molecule has 6 rings (SSSR count). The van der Waals surface area contributed by atoms with Gasteiger partial charge in [0.1, 0.15) is 23.3 Å². The number of hydrogen-bond acceptors (Lipinski definition) is 4. The fourth-order valence-corrected chi connectivity index (χ4v) is 5.55. The maximum Gasteiger partial charge on any atom is 0.187 e. The van der Waals surface area contributed by atoms with Crippen molar-refractivity contribution in [3.8, 4) is 0 Å². The zero-order chi connectivity index (χ0) is 32.2. The van der Waals surface area contributed by atoms with Gasteiger partial charge in [-0.15, -0.1) is 11.6 Å². The van der Waals surface area contributed by atoms with Gasteiger partial charge in [-0.05, 0) is 90.0 Å². The molecule has 0 amide bonds. The molecule has 6 nitrogen and oxygen atoms in total. The van der Waals surface area contributed by atoms with Gasteiger partial charge in [-0.1, -0.05) is 60.7 Å². The smallest absolute Gasteiger partial charge is 0.187 e. The summed E-state index contributed by atoms with van der Waals surface area (Å²) in [5.41, 5.74) is 17.4. The monoisotopic (exact) mass is 628 g/mol. The Morgan fingerprint density at radius 2 is 1.38 bits per heavy atom. The van der Waals surface area contributed by atoms with E-state index in [9.17, 15) is 8.78 Å². The number of halogens is 3. The molecule has 2 aliphatic heterocycles. The standard InChI is InChI=1S/C18H17FN2O.C15H10FNO.C3H8ClN/c1-21-16-7-8-17-13(11-16)12-22-18(17,9-2-10-20)14-3-5-15(19)6-4-14;1-17-13-6-7-14-11(8-13)9-18-15(14)10-2-4-12(16)5-3-10;4-2-1-3-5/h3-8,11H,2,9-10,12,20H2;2-8,15H,9H2;1-3,5H2. The van der Waals surface area contributed by atoms with Gasteiger partial charge in [0.25, 0.3) is 0 Å². The highest BCUT2D eigenvalue weighted by Gasteiger charge is 2.41. The molecule has 4 aromatic carbocycles. The van der Waals surface area contributed by atoms with Gasteiger partial charge in [-0.2, -0.15) is 0 Å². The SMILES string of the molecule is NCCCCl.[C-]#[N+]c1ccc2c(c1)COC2(CCCN)c1ccc(F)cc1.[C-]#[N+]c1ccc2c(c1)COC2c1ccc(F)cc1. The Hall–Kier alpha value is -4.15. The molecule has 0 saturated carbocycles. The summed E-state index contributed by atoms with van der Waals surface area (Å²) in [5, 5.41) is 0. The second-order valence-electron chi connectivity index (χ2n) is 10.5. The predicted molar refractivity (Wildman–Crippen MR) is 173 cm³/mol. The summed E-state index contributed by atoms with van der Waals surface area (Å²) in [6.07, 6.45) is 2.32. The van der Waals surface area contributed by atoms with Crippen LogP contribution in [-0.2, 0) is 28.3 Å². The van der Waals surface area contributed by atoms with Crippen molar-refractivity contribution in [3.05, 3.63) is 153 Å². The van der Waals surface area contributed by atoms with Gasteiger partial charge in [-0.25, -0.2) is 18.5 Å². The van der Waals surface area contributed by atoms with Crippen LogP contribution in [0.1, 0.15) is 58.7 Å². The molecule has 232 valence electrons. The Bertz CT molecular complexity index is 1650. The van der Waals surface area contributed by atoms with E-state index in [-0.39, 0.29) is 17.7 Å². The molecule has 0 bridgehead atoms. The number of hydrogen-bond donors (Lipinski definition) is 2. The van der Waals surface area contributed by atoms with E-state index >= 15 is 0 Å². The van der Waals surface area contributed by atoms with Crippen molar-refractivity contribution in [3.63, 3.8) is 0 Å². The number of nitrogens with zero attached hydrogens (tertiary/aromatic N) is 2. The Kier molecular flexibility index (Phi) is 12.2. The third kappa shape index (κ3) is 8.12. The van der Waals surface area contributed by atoms with Crippen molar-refractivity contribution in [2.45, 2.75) is 44.2 Å². The second-order valence-corrected chi connectivity index (χ2v) is 10.9. The van der Waals surface area contributed by atoms with Crippen molar-refractivity contribution in [2.24, 2.45) is 11.5 Å². The first kappa shape index (κ1) is 33.7. The van der Waals surface area contributed by atoms with E-state index in [1.807, 2.05) is 24.3 Å². The highest BCUT2D eigenvalue weighted by Crippen LogP contribution is 2.46. The number of fused-ring (bicyclic) bond motifs is 2. The van der Waals surface area contributed by atoms with E-state index in [1.54, 1.807) is 36.4 Å². The van der Waals surface area contributed by atoms with Crippen LogP contribution in [0.2, 0.25) is 0 Å². The Morgan fingerprint density at radius 3 is 1.96 bits per heavy atom. The van der Waals surface area contributed by atoms with Gasteiger partial charge in [0.05, 0.1) is 26.4 Å². The fraction of sp³-hybridized carbons (Fsp3) is 0.278. The van der Waals surface area contributed by atoms with E-state index < -0.39 is 5.60 Å². The minimum atomic E-state index is -0.594. The first-order valence-electron chi connectivity index (χ1n) is 14.6. The predicted octanol–water partition coefficient (Wildman–Crippen LogP) is 8.46. The van der Waals surface area contributed by atoms with Crippen LogP contribution in [-0.4, -0.2) is 19.0 Å². The minimum Gasteiger partial charge on any atom is -0.364 e. The summed E-state index contributed by atoms with van der Waals surface area (Å²) in [6, 6.07) is 24.0. The van der Waals surface area contributed by atoms with Crippen molar-refractivity contribution < 1.29 is 18.3 Å². The highest BCUT2D eigenvalue weighted by molar-refractivity contribution is 6.17. The molecule has 0 radical (unpaired) electrons. The summed E-state index contributed by atoms with van der Waals surface area (Å²) in [5.74, 6) is 0.177. The lowest BCUT2D eigenvalue weighted by molar-refractivity contribution is -0.0126. The van der Waals surface area contributed by atoms with Gasteiger partial charge in [0, 0.05) is 5.88 Å². The molecule has 4 N–H and O–H groups in total. The lowest BCUT2D eigenvalue weighted by Crippen LogP contribution is -2.28. The van der Waals surface area contributed by atoms with Gasteiger partial charge in [-0.3, -0.25) is 0 Å². The third-order valence-electron chi connectivity index (χ3n) is 7.62. The summed E-state index contributed by atoms with van der Waals surface area (Å²) < 4.78 is 38.0. The van der Waals surface area contributed by atoms with Crippen molar-refractivity contribution >= 4 is 23.0 Å². The van der Waals surface area contributed by atoms with Gasteiger partial charge >= 0.3 is 0 Å². The third-order valence-corrected chi connectivity index (χ3v) is 7.89. The van der Waals surface area contributed by atoms with E-state index in [1.165, 1.54) is 24.3 Å². The van der Waals surface area contributed by atoms with Crippen LogP contribution in [0.25, 0.3) is 9.69 Å². The van der Waals surface area contributed by atoms with Gasteiger partial charge in [0.15, 0.2) is 11.4 Å². The molecular formula is C36H35ClF2N4O2. The quantitative estimate of drug-likeness (QED) is 0.159. The zero-order valence-electron chi connectivity index (χ0n) is 24.8. The van der Waals surface area contributed by atoms with Crippen LogP contribution in [0.15, 0.2) is 84.9 Å². The minimum absolute atomic E-state index is 0.152. The molecule has 45 heavy (non-hydrogen) atoms. The molecule has 0 spiro atoms. The van der Waals surface area contributed by atoms with Crippen LogP contribution in [0.4, 0.5) is 20.2 Å². The largest absolute Gasteiger partial charge is 0.364 e. The van der Waals surface area contributed by atoms with E-state index in [4.69, 9.17) is 45.7 Å². The van der Waals surface area contributed by atoms with E-state index in [0.29, 0.717) is 43.6 Å². The number of benzene rings is 4. The van der Waals surface area contributed by atoms with Crippen molar-refractivity contribution in [1.82, 2.24) is 0 Å². The number of nitrogens with two attached hydrogens (primary N) is 2. The molecule has 2 unspecified atom stereocenters. The van der Waals surface area contributed by atoms with E-state index in [0.717, 1.165) is 52.6 Å². The fourth-order valence-electron chi connectivity index (χ4n) is 5.40. The molecule has 4 aromatic rings. The average molecular weight is 629 g/mol. The van der Waals surface area contributed by atoms with E-state index in [2.05, 4.69) is 9.69 Å². The number of rotatable bonds is 7. The number of alkyl halides is 1. The molecular weight excluding hydrogens is 594 g/mol. The first-order valence-corrected chi connectivity index (χ1v) is 15.2. The van der Waals surface area contributed by atoms with Crippen molar-refractivity contribution in [2.75, 3.05) is 19.0 Å². The summed E-state index contributed by atoms with van der Waals surface area (Å²) in [6.45, 7) is 16.4. The molecule has 0 saturated heterocycles. The van der Waals surface area contributed by atoms with Crippen molar-refractivity contribution in [1.29, 1.82) is 0 Å².